The van der Waals surface area contributed by atoms with E-state index >= 15 is 0 Å². The summed E-state index contributed by atoms with van der Waals surface area (Å²) in [7, 11) is 1.32. The highest BCUT2D eigenvalue weighted by molar-refractivity contribution is 9.10. The minimum atomic E-state index is -0.582. The second-order valence-corrected chi connectivity index (χ2v) is 5.77. The van der Waals surface area contributed by atoms with Crippen LogP contribution < -0.4 is 5.73 Å². The Balaban J connectivity index is 2.31. The number of rotatable bonds is 6. The molecule has 3 nitrogen and oxygen atoms in total. The molecular weight excluding hydrogens is 321 g/mol. The number of carbonyl (C=O) groups is 1. The molecular formula is C12H15BrFNO2S. The Morgan fingerprint density at radius 3 is 2.89 bits per heavy atom. The molecule has 0 aliphatic heterocycles. The third-order valence-electron chi connectivity index (χ3n) is 2.27. The minimum Gasteiger partial charge on any atom is -0.468 e. The van der Waals surface area contributed by atoms with Crippen molar-refractivity contribution in [2.75, 3.05) is 12.9 Å². The first kappa shape index (κ1) is 15.5. The average molecular weight is 336 g/mol. The Bertz CT molecular complexity index is 397. The normalized spacial score (nSPS) is 12.2. The van der Waals surface area contributed by atoms with E-state index in [1.807, 2.05) is 6.07 Å². The number of nitrogens with two attached hydrogens (primary N) is 1. The standard InChI is InChI=1S/C12H15BrFNO2S/c1-17-12(16)11(15)2-3-18-7-8-4-9(13)6-10(14)5-8/h4-6,11H,2-3,7,15H2,1H3. The van der Waals surface area contributed by atoms with Gasteiger partial charge in [0.15, 0.2) is 0 Å². The number of esters is 1. The fraction of sp³-hybridized carbons (Fsp3) is 0.417. The van der Waals surface area contributed by atoms with E-state index in [-0.39, 0.29) is 5.82 Å². The molecule has 2 N–H and O–H groups in total. The van der Waals surface area contributed by atoms with Gasteiger partial charge in [-0.15, -0.1) is 0 Å². The summed E-state index contributed by atoms with van der Waals surface area (Å²) in [6.45, 7) is 0. The maximum Gasteiger partial charge on any atom is 0.322 e. The van der Waals surface area contributed by atoms with Crippen molar-refractivity contribution >= 4 is 33.7 Å². The van der Waals surface area contributed by atoms with E-state index in [2.05, 4.69) is 20.7 Å². The van der Waals surface area contributed by atoms with Crippen LogP contribution in [-0.4, -0.2) is 24.9 Å². The lowest BCUT2D eigenvalue weighted by Gasteiger charge is -2.08. The molecule has 0 aliphatic carbocycles. The molecule has 0 amide bonds. The molecule has 0 spiro atoms. The second-order valence-electron chi connectivity index (χ2n) is 3.75. The van der Waals surface area contributed by atoms with Gasteiger partial charge in [0.05, 0.1) is 7.11 Å². The SMILES string of the molecule is COC(=O)C(N)CCSCc1cc(F)cc(Br)c1. The third kappa shape index (κ3) is 5.37. The van der Waals surface area contributed by atoms with Gasteiger partial charge < -0.3 is 10.5 Å². The number of hydrogen-bond donors (Lipinski definition) is 1. The molecule has 100 valence electrons. The highest BCUT2D eigenvalue weighted by atomic mass is 79.9. The molecule has 6 heteroatoms. The van der Waals surface area contributed by atoms with Gasteiger partial charge in [-0.1, -0.05) is 15.9 Å². The molecule has 1 atom stereocenters. The number of methoxy groups -OCH3 is 1. The van der Waals surface area contributed by atoms with E-state index < -0.39 is 12.0 Å². The largest absolute Gasteiger partial charge is 0.468 e. The summed E-state index contributed by atoms with van der Waals surface area (Å²) in [5.41, 5.74) is 6.50. The highest BCUT2D eigenvalue weighted by Crippen LogP contribution is 2.19. The smallest absolute Gasteiger partial charge is 0.322 e. The van der Waals surface area contributed by atoms with Gasteiger partial charge in [0.2, 0.25) is 0 Å². The van der Waals surface area contributed by atoms with Gasteiger partial charge >= 0.3 is 5.97 Å². The van der Waals surface area contributed by atoms with Crippen molar-refractivity contribution in [3.8, 4) is 0 Å². The lowest BCUT2D eigenvalue weighted by atomic mass is 10.2. The Hall–Kier alpha value is -0.590. The van der Waals surface area contributed by atoms with Gasteiger partial charge in [0.1, 0.15) is 11.9 Å². The van der Waals surface area contributed by atoms with Crippen LogP contribution in [0.2, 0.25) is 0 Å². The first-order valence-electron chi connectivity index (χ1n) is 5.39. The van der Waals surface area contributed by atoms with Gasteiger partial charge in [-0.3, -0.25) is 4.79 Å². The first-order valence-corrected chi connectivity index (χ1v) is 7.34. The van der Waals surface area contributed by atoms with E-state index in [9.17, 15) is 9.18 Å². The van der Waals surface area contributed by atoms with Crippen LogP contribution in [0.1, 0.15) is 12.0 Å². The van der Waals surface area contributed by atoms with Crippen molar-refractivity contribution in [1.82, 2.24) is 0 Å². The summed E-state index contributed by atoms with van der Waals surface area (Å²) < 4.78 is 18.4. The maximum absolute atomic E-state index is 13.1. The topological polar surface area (TPSA) is 52.3 Å². The van der Waals surface area contributed by atoms with Gasteiger partial charge in [-0.05, 0) is 35.9 Å². The zero-order valence-electron chi connectivity index (χ0n) is 9.99. The maximum atomic E-state index is 13.1. The predicted octanol–water partition coefficient (Wildman–Crippen LogP) is 2.71. The molecule has 18 heavy (non-hydrogen) atoms. The molecule has 1 aromatic carbocycles. The van der Waals surface area contributed by atoms with E-state index in [0.717, 1.165) is 15.8 Å². The number of ether oxygens (including phenoxy) is 1. The summed E-state index contributed by atoms with van der Waals surface area (Å²) in [6, 6.07) is 4.21. The van der Waals surface area contributed by atoms with Gasteiger partial charge in [-0.25, -0.2) is 4.39 Å². The van der Waals surface area contributed by atoms with Crippen LogP contribution in [0.5, 0.6) is 0 Å². The molecule has 0 fully saturated rings. The van der Waals surface area contributed by atoms with Crippen molar-refractivity contribution in [2.45, 2.75) is 18.2 Å². The molecule has 0 saturated heterocycles. The minimum absolute atomic E-state index is 0.258. The third-order valence-corrected chi connectivity index (χ3v) is 3.79. The Kier molecular flexibility index (Phi) is 6.67. The molecule has 0 saturated carbocycles. The Morgan fingerprint density at radius 2 is 2.28 bits per heavy atom. The Labute approximate surface area is 118 Å². The molecule has 1 unspecified atom stereocenters. The van der Waals surface area contributed by atoms with Gasteiger partial charge in [0.25, 0.3) is 0 Å². The molecule has 0 radical (unpaired) electrons. The van der Waals surface area contributed by atoms with E-state index in [1.165, 1.54) is 19.2 Å². The summed E-state index contributed by atoms with van der Waals surface area (Å²) in [4.78, 5) is 11.1. The number of hydrogen-bond acceptors (Lipinski definition) is 4. The number of carbonyl (C=O) groups excluding carboxylic acids is 1. The zero-order chi connectivity index (χ0) is 13.5. The summed E-state index contributed by atoms with van der Waals surface area (Å²) in [6.07, 6.45) is 0.549. The van der Waals surface area contributed by atoms with Crippen molar-refractivity contribution in [3.63, 3.8) is 0 Å². The van der Waals surface area contributed by atoms with Crippen LogP contribution in [-0.2, 0) is 15.3 Å². The average Bonchev–Trinajstić information content (AvgIpc) is 2.32. The number of halogens is 2. The van der Waals surface area contributed by atoms with Crippen LogP contribution >= 0.6 is 27.7 Å². The molecule has 0 heterocycles. The molecule has 1 aromatic rings. The highest BCUT2D eigenvalue weighted by Gasteiger charge is 2.12. The predicted molar refractivity (Wildman–Crippen MR) is 74.9 cm³/mol. The van der Waals surface area contributed by atoms with Gasteiger partial charge in [0, 0.05) is 10.2 Å². The Morgan fingerprint density at radius 1 is 1.56 bits per heavy atom. The lowest BCUT2D eigenvalue weighted by Crippen LogP contribution is -2.31. The fourth-order valence-corrected chi connectivity index (χ4v) is 2.84. The van der Waals surface area contributed by atoms with Crippen molar-refractivity contribution < 1.29 is 13.9 Å². The van der Waals surface area contributed by atoms with Crippen molar-refractivity contribution in [1.29, 1.82) is 0 Å². The summed E-state index contributed by atoms with van der Waals surface area (Å²) >= 11 is 4.85. The quantitative estimate of drug-likeness (QED) is 0.641. The van der Waals surface area contributed by atoms with Gasteiger partial charge in [-0.2, -0.15) is 11.8 Å². The fourth-order valence-electron chi connectivity index (χ4n) is 1.36. The van der Waals surface area contributed by atoms with Crippen molar-refractivity contribution in [2.24, 2.45) is 5.73 Å². The van der Waals surface area contributed by atoms with E-state index in [4.69, 9.17) is 5.73 Å². The van der Waals surface area contributed by atoms with Crippen LogP contribution in [0.3, 0.4) is 0 Å². The number of benzene rings is 1. The first-order chi connectivity index (χ1) is 8.52. The molecule has 0 bridgehead atoms. The monoisotopic (exact) mass is 335 g/mol. The molecule has 1 rings (SSSR count). The summed E-state index contributed by atoms with van der Waals surface area (Å²) in [5.74, 6) is 0.754. The summed E-state index contributed by atoms with van der Waals surface area (Å²) in [5, 5.41) is 0. The number of thioether (sulfide) groups is 1. The van der Waals surface area contributed by atoms with Crippen LogP contribution in [0.15, 0.2) is 22.7 Å². The molecule has 0 aliphatic rings. The van der Waals surface area contributed by atoms with Crippen LogP contribution in [0.25, 0.3) is 0 Å². The van der Waals surface area contributed by atoms with E-state index in [0.29, 0.717) is 12.2 Å². The zero-order valence-corrected chi connectivity index (χ0v) is 12.4. The molecule has 0 aromatic heterocycles. The van der Waals surface area contributed by atoms with Crippen molar-refractivity contribution in [3.05, 3.63) is 34.1 Å². The van der Waals surface area contributed by atoms with Crippen LogP contribution in [0, 0.1) is 5.82 Å². The second kappa shape index (κ2) is 7.76. The lowest BCUT2D eigenvalue weighted by molar-refractivity contribution is -0.142. The van der Waals surface area contributed by atoms with E-state index in [1.54, 1.807) is 11.8 Å². The van der Waals surface area contributed by atoms with Crippen LogP contribution in [0.4, 0.5) is 4.39 Å².